The lowest BCUT2D eigenvalue weighted by Gasteiger charge is -2.05. The van der Waals surface area contributed by atoms with Gasteiger partial charge in [0.05, 0.1) is 17.0 Å². The molecule has 0 radical (unpaired) electrons. The van der Waals surface area contributed by atoms with E-state index in [9.17, 15) is 10.1 Å². The van der Waals surface area contributed by atoms with Gasteiger partial charge in [0.15, 0.2) is 0 Å². The fraction of sp³-hybridized carbons (Fsp3) is 0.100. The molecule has 8 heteroatoms. The first-order valence-electron chi connectivity index (χ1n) is 4.79. The molecule has 94 valence electrons. The monoisotopic (exact) mass is 437 g/mol. The summed E-state index contributed by atoms with van der Waals surface area (Å²) in [5.74, 6) is 0. The quantitative estimate of drug-likeness (QED) is 0.533. The summed E-state index contributed by atoms with van der Waals surface area (Å²) in [6.45, 7) is 0.329. The Morgan fingerprint density at radius 1 is 1.28 bits per heavy atom. The zero-order valence-electron chi connectivity index (χ0n) is 8.81. The lowest BCUT2D eigenvalue weighted by molar-refractivity contribution is -0.385. The largest absolute Gasteiger partial charge is 0.275 e. The number of hydrogen-bond acceptors (Lipinski definition) is 3. The van der Waals surface area contributed by atoms with Crippen LogP contribution in [0.2, 0.25) is 0 Å². The first-order valence-corrected chi connectivity index (χ1v) is 7.17. The Hall–Kier alpha value is -0.730. The molecule has 0 aliphatic rings. The van der Waals surface area contributed by atoms with E-state index in [4.69, 9.17) is 0 Å². The molecule has 5 nitrogen and oxygen atoms in total. The molecule has 18 heavy (non-hydrogen) atoms. The van der Waals surface area contributed by atoms with Crippen LogP contribution in [0.1, 0.15) is 5.56 Å². The van der Waals surface area contributed by atoms with E-state index in [0.717, 1.165) is 4.60 Å². The number of benzene rings is 1. The van der Waals surface area contributed by atoms with Gasteiger partial charge in [0.1, 0.15) is 9.21 Å². The van der Waals surface area contributed by atoms with E-state index >= 15 is 0 Å². The van der Waals surface area contributed by atoms with Gasteiger partial charge in [0, 0.05) is 16.6 Å². The van der Waals surface area contributed by atoms with Gasteiger partial charge in [0.2, 0.25) is 0 Å². The van der Waals surface area contributed by atoms with Crippen LogP contribution >= 0.6 is 47.8 Å². The summed E-state index contributed by atoms with van der Waals surface area (Å²) in [6.07, 6.45) is 0. The maximum absolute atomic E-state index is 11.0. The van der Waals surface area contributed by atoms with Crippen molar-refractivity contribution in [2.45, 2.75) is 6.54 Å². The third kappa shape index (κ3) is 2.99. The molecule has 0 aliphatic carbocycles. The van der Waals surface area contributed by atoms with Gasteiger partial charge in [-0.05, 0) is 44.0 Å². The van der Waals surface area contributed by atoms with Gasteiger partial charge < -0.3 is 0 Å². The highest BCUT2D eigenvalue weighted by atomic mass is 79.9. The van der Waals surface area contributed by atoms with E-state index in [1.54, 1.807) is 22.9 Å². The maximum atomic E-state index is 11.0. The predicted octanol–water partition coefficient (Wildman–Crippen LogP) is 4.13. The Bertz CT molecular complexity index is 612. The van der Waals surface area contributed by atoms with Crippen molar-refractivity contribution in [2.24, 2.45) is 0 Å². The number of nitro benzene ring substituents is 1. The molecule has 0 spiro atoms. The van der Waals surface area contributed by atoms with Crippen LogP contribution in [0.4, 0.5) is 5.69 Å². The van der Waals surface area contributed by atoms with E-state index in [2.05, 4.69) is 52.9 Å². The maximum Gasteiger partial charge on any atom is 0.275 e. The lowest BCUT2D eigenvalue weighted by Crippen LogP contribution is -2.05. The van der Waals surface area contributed by atoms with Crippen LogP contribution in [0, 0.1) is 10.1 Å². The number of nitro groups is 1. The Labute approximate surface area is 128 Å². The summed E-state index contributed by atoms with van der Waals surface area (Å²) in [5, 5.41) is 15.2. The van der Waals surface area contributed by atoms with Crippen LogP contribution in [-0.2, 0) is 6.54 Å². The van der Waals surface area contributed by atoms with Crippen LogP contribution in [0.25, 0.3) is 0 Å². The van der Waals surface area contributed by atoms with Crippen molar-refractivity contribution < 1.29 is 4.92 Å². The molecule has 1 aromatic heterocycles. The van der Waals surface area contributed by atoms with Crippen molar-refractivity contribution in [3.63, 3.8) is 0 Å². The van der Waals surface area contributed by atoms with Crippen molar-refractivity contribution in [3.8, 4) is 0 Å². The van der Waals surface area contributed by atoms with Crippen LogP contribution in [0.3, 0.4) is 0 Å². The second-order valence-corrected chi connectivity index (χ2v) is 6.02. The summed E-state index contributed by atoms with van der Waals surface area (Å²) < 4.78 is 3.75. The fourth-order valence-corrected chi connectivity index (χ4v) is 2.96. The summed E-state index contributed by atoms with van der Waals surface area (Å²) in [6, 6.07) is 6.76. The van der Waals surface area contributed by atoms with Gasteiger partial charge in [-0.15, -0.1) is 0 Å². The third-order valence-electron chi connectivity index (χ3n) is 2.27. The molecule has 0 saturated carbocycles. The summed E-state index contributed by atoms with van der Waals surface area (Å²) >= 11 is 9.82. The third-order valence-corrected chi connectivity index (χ3v) is 3.78. The predicted molar refractivity (Wildman–Crippen MR) is 77.5 cm³/mol. The highest BCUT2D eigenvalue weighted by Crippen LogP contribution is 2.26. The molecule has 0 bridgehead atoms. The average molecular weight is 440 g/mol. The lowest BCUT2D eigenvalue weighted by atomic mass is 10.2. The topological polar surface area (TPSA) is 61.0 Å². The van der Waals surface area contributed by atoms with Crippen LogP contribution < -0.4 is 0 Å². The number of halogens is 3. The highest BCUT2D eigenvalue weighted by molar-refractivity contribution is 9.11. The Morgan fingerprint density at radius 2 is 2.00 bits per heavy atom. The molecule has 0 amide bonds. The van der Waals surface area contributed by atoms with E-state index in [1.165, 1.54) is 6.07 Å². The molecule has 0 fully saturated rings. The molecule has 2 aromatic rings. The summed E-state index contributed by atoms with van der Waals surface area (Å²) in [4.78, 5) is 10.6. The minimum Gasteiger partial charge on any atom is -0.258 e. The summed E-state index contributed by atoms with van der Waals surface area (Å²) in [7, 11) is 0. The smallest absolute Gasteiger partial charge is 0.258 e. The van der Waals surface area contributed by atoms with E-state index in [-0.39, 0.29) is 5.69 Å². The van der Waals surface area contributed by atoms with E-state index in [0.29, 0.717) is 21.2 Å². The van der Waals surface area contributed by atoms with Crippen molar-refractivity contribution >= 4 is 53.5 Å². The molecule has 1 heterocycles. The highest BCUT2D eigenvalue weighted by Gasteiger charge is 2.16. The first kappa shape index (κ1) is 13.7. The summed E-state index contributed by atoms with van der Waals surface area (Å²) in [5.41, 5.74) is 0.669. The van der Waals surface area contributed by atoms with E-state index < -0.39 is 4.92 Å². The van der Waals surface area contributed by atoms with Crippen molar-refractivity contribution in [2.75, 3.05) is 0 Å². The Kier molecular flexibility index (Phi) is 4.18. The first-order chi connectivity index (χ1) is 8.47. The molecule has 1 aromatic carbocycles. The standard InChI is InChI=1S/C10H6Br3N3O2/c11-7-2-1-6(8(3-7)16(17)18)5-15-10(13)4-9(12)14-15/h1-4H,5H2. The van der Waals surface area contributed by atoms with Crippen molar-refractivity contribution in [1.82, 2.24) is 9.78 Å². The van der Waals surface area contributed by atoms with Gasteiger partial charge in [-0.3, -0.25) is 14.8 Å². The van der Waals surface area contributed by atoms with Gasteiger partial charge in [-0.2, -0.15) is 5.10 Å². The Balaban J connectivity index is 2.40. The molecule has 0 atom stereocenters. The molecular formula is C10H6Br3N3O2. The zero-order valence-corrected chi connectivity index (χ0v) is 13.6. The van der Waals surface area contributed by atoms with Gasteiger partial charge >= 0.3 is 0 Å². The van der Waals surface area contributed by atoms with Crippen LogP contribution in [0.5, 0.6) is 0 Å². The fourth-order valence-electron chi connectivity index (χ4n) is 1.48. The number of rotatable bonds is 3. The molecule has 0 unspecified atom stereocenters. The molecule has 0 N–H and O–H groups in total. The minimum absolute atomic E-state index is 0.0721. The van der Waals surface area contributed by atoms with E-state index in [1.807, 2.05) is 0 Å². The zero-order chi connectivity index (χ0) is 13.3. The number of aromatic nitrogens is 2. The molecule has 0 saturated heterocycles. The number of hydrogen-bond donors (Lipinski definition) is 0. The van der Waals surface area contributed by atoms with Gasteiger partial charge in [-0.25, -0.2) is 0 Å². The second-order valence-electron chi connectivity index (χ2n) is 3.48. The Morgan fingerprint density at radius 3 is 2.56 bits per heavy atom. The molecule has 2 rings (SSSR count). The average Bonchev–Trinajstić information content (AvgIpc) is 2.60. The minimum atomic E-state index is -0.396. The van der Waals surface area contributed by atoms with Crippen LogP contribution in [-0.4, -0.2) is 14.7 Å². The number of nitrogens with zero attached hydrogens (tertiary/aromatic N) is 3. The van der Waals surface area contributed by atoms with Crippen molar-refractivity contribution in [1.29, 1.82) is 0 Å². The van der Waals surface area contributed by atoms with Crippen LogP contribution in [0.15, 0.2) is 37.9 Å². The molecular weight excluding hydrogens is 434 g/mol. The molecule has 0 aliphatic heterocycles. The SMILES string of the molecule is O=[N+]([O-])c1cc(Br)ccc1Cn1nc(Br)cc1Br. The van der Waals surface area contributed by atoms with Gasteiger partial charge in [0.25, 0.3) is 5.69 Å². The van der Waals surface area contributed by atoms with Gasteiger partial charge in [-0.1, -0.05) is 15.9 Å². The normalized spacial score (nSPS) is 10.6. The van der Waals surface area contributed by atoms with Crippen molar-refractivity contribution in [3.05, 3.63) is 53.6 Å². The second kappa shape index (κ2) is 5.50.